The van der Waals surface area contributed by atoms with Crippen molar-refractivity contribution in [3.63, 3.8) is 0 Å². The summed E-state index contributed by atoms with van der Waals surface area (Å²) >= 11 is 0. The highest BCUT2D eigenvalue weighted by Crippen LogP contribution is 2.31. The summed E-state index contributed by atoms with van der Waals surface area (Å²) in [5.41, 5.74) is 2.97. The Labute approximate surface area is 192 Å². The van der Waals surface area contributed by atoms with Gasteiger partial charge in [0.25, 0.3) is 0 Å². The molecule has 1 heterocycles. The van der Waals surface area contributed by atoms with Crippen molar-refractivity contribution in [2.75, 3.05) is 12.4 Å². The molecule has 1 aromatic heterocycles. The Balaban J connectivity index is 1.39. The average Bonchev–Trinajstić information content (AvgIpc) is 2.89. The van der Waals surface area contributed by atoms with E-state index in [2.05, 4.69) is 27.6 Å². The zero-order valence-corrected chi connectivity index (χ0v) is 18.2. The molecule has 0 saturated carbocycles. The first-order valence-electron chi connectivity index (χ1n) is 10.8. The Bertz CT molecular complexity index is 1350. The molecular formula is C28H23N3O2. The molecule has 0 aliphatic heterocycles. The number of aromatic nitrogens is 2. The molecule has 0 radical (unpaired) electrons. The lowest BCUT2D eigenvalue weighted by Crippen LogP contribution is -2.04. The van der Waals surface area contributed by atoms with E-state index in [0.29, 0.717) is 6.54 Å². The molecule has 1 N–H and O–H groups in total. The first-order chi connectivity index (χ1) is 16.3. The number of ether oxygens (including phenoxy) is 2. The summed E-state index contributed by atoms with van der Waals surface area (Å²) in [6.07, 6.45) is 0. The number of nitrogens with zero attached hydrogens (tertiary/aromatic N) is 2. The van der Waals surface area contributed by atoms with Crippen LogP contribution in [-0.2, 0) is 6.54 Å². The van der Waals surface area contributed by atoms with Gasteiger partial charge in [0.2, 0.25) is 0 Å². The third-order valence-corrected chi connectivity index (χ3v) is 5.41. The van der Waals surface area contributed by atoms with Crippen LogP contribution in [-0.4, -0.2) is 17.3 Å². The second-order valence-electron chi connectivity index (χ2n) is 7.58. The van der Waals surface area contributed by atoms with Gasteiger partial charge in [0, 0.05) is 22.9 Å². The maximum atomic E-state index is 5.91. The fraction of sp³-hybridized carbons (Fsp3) is 0.0714. The molecule has 0 aliphatic rings. The van der Waals surface area contributed by atoms with Gasteiger partial charge in [-0.25, -0.2) is 0 Å². The van der Waals surface area contributed by atoms with Crippen LogP contribution in [0.3, 0.4) is 0 Å². The standard InChI is InChI=1S/C28H23N3O2/c1-32-22-15-11-20(12-16-22)19-29-28-26-10-6-5-9-25(26)27(30-31-28)21-13-17-24(18-14-21)33-23-7-3-2-4-8-23/h2-18H,19H2,1H3,(H,29,31). The summed E-state index contributed by atoms with van der Waals surface area (Å²) in [5.74, 6) is 3.19. The molecule has 0 fully saturated rings. The van der Waals surface area contributed by atoms with E-state index in [1.807, 2.05) is 91.0 Å². The summed E-state index contributed by atoms with van der Waals surface area (Å²) in [7, 11) is 1.67. The van der Waals surface area contributed by atoms with Gasteiger partial charge in [-0.05, 0) is 54.1 Å². The SMILES string of the molecule is COc1ccc(CNc2nnc(-c3ccc(Oc4ccccc4)cc3)c3ccccc23)cc1. The summed E-state index contributed by atoms with van der Waals surface area (Å²) in [5, 5.41) is 14.6. The van der Waals surface area contributed by atoms with Crippen molar-refractivity contribution in [2.45, 2.75) is 6.54 Å². The highest BCUT2D eigenvalue weighted by molar-refractivity contribution is 6.00. The van der Waals surface area contributed by atoms with Crippen molar-refractivity contribution in [3.8, 4) is 28.5 Å². The lowest BCUT2D eigenvalue weighted by atomic mass is 10.0. The average molecular weight is 434 g/mol. The molecule has 5 heteroatoms. The van der Waals surface area contributed by atoms with Crippen molar-refractivity contribution in [3.05, 3.63) is 109 Å². The molecule has 5 nitrogen and oxygen atoms in total. The number of hydrogen-bond donors (Lipinski definition) is 1. The van der Waals surface area contributed by atoms with E-state index in [9.17, 15) is 0 Å². The second-order valence-corrected chi connectivity index (χ2v) is 7.58. The largest absolute Gasteiger partial charge is 0.497 e. The molecule has 162 valence electrons. The Hall–Kier alpha value is -4.38. The van der Waals surface area contributed by atoms with E-state index in [1.165, 1.54) is 0 Å². The van der Waals surface area contributed by atoms with Crippen LogP contribution in [0.5, 0.6) is 17.2 Å². The van der Waals surface area contributed by atoms with Crippen LogP contribution >= 0.6 is 0 Å². The summed E-state index contributed by atoms with van der Waals surface area (Å²) in [4.78, 5) is 0. The predicted octanol–water partition coefficient (Wildman–Crippen LogP) is 6.71. The van der Waals surface area contributed by atoms with E-state index in [4.69, 9.17) is 9.47 Å². The van der Waals surface area contributed by atoms with Gasteiger partial charge in [0.05, 0.1) is 7.11 Å². The fourth-order valence-electron chi connectivity index (χ4n) is 3.68. The summed E-state index contributed by atoms with van der Waals surface area (Å²) < 4.78 is 11.1. The molecule has 0 spiro atoms. The van der Waals surface area contributed by atoms with Crippen LogP contribution in [0.2, 0.25) is 0 Å². The highest BCUT2D eigenvalue weighted by atomic mass is 16.5. The minimum absolute atomic E-state index is 0.646. The second kappa shape index (κ2) is 9.40. The Morgan fingerprint density at radius 1 is 0.636 bits per heavy atom. The van der Waals surface area contributed by atoms with Crippen molar-refractivity contribution in [1.82, 2.24) is 10.2 Å². The molecule has 0 bridgehead atoms. The zero-order chi connectivity index (χ0) is 22.5. The van der Waals surface area contributed by atoms with Crippen molar-refractivity contribution in [2.24, 2.45) is 0 Å². The quantitative estimate of drug-likeness (QED) is 0.309. The van der Waals surface area contributed by atoms with Crippen LogP contribution in [0.4, 0.5) is 5.82 Å². The lowest BCUT2D eigenvalue weighted by Gasteiger charge is -2.12. The number of benzene rings is 4. The summed E-state index contributed by atoms with van der Waals surface area (Å²) in [6.45, 7) is 0.646. The molecule has 4 aromatic carbocycles. The minimum atomic E-state index is 0.646. The smallest absolute Gasteiger partial charge is 0.156 e. The molecule has 0 atom stereocenters. The van der Waals surface area contributed by atoms with Gasteiger partial charge in [0.1, 0.15) is 22.9 Å². The van der Waals surface area contributed by atoms with Crippen molar-refractivity contribution >= 4 is 16.6 Å². The first-order valence-corrected chi connectivity index (χ1v) is 10.8. The molecule has 0 unspecified atom stereocenters. The molecule has 0 saturated heterocycles. The van der Waals surface area contributed by atoms with Crippen molar-refractivity contribution < 1.29 is 9.47 Å². The van der Waals surface area contributed by atoms with Gasteiger partial charge < -0.3 is 14.8 Å². The summed E-state index contributed by atoms with van der Waals surface area (Å²) in [6, 6.07) is 33.8. The molecule has 0 aliphatic carbocycles. The zero-order valence-electron chi connectivity index (χ0n) is 18.2. The van der Waals surface area contributed by atoms with Crippen LogP contribution < -0.4 is 14.8 Å². The predicted molar refractivity (Wildman–Crippen MR) is 132 cm³/mol. The van der Waals surface area contributed by atoms with Gasteiger partial charge in [-0.3, -0.25) is 0 Å². The number of fused-ring (bicyclic) bond motifs is 1. The first kappa shape index (κ1) is 20.5. The molecular weight excluding hydrogens is 410 g/mol. The van der Waals surface area contributed by atoms with Crippen LogP contribution in [0.15, 0.2) is 103 Å². The van der Waals surface area contributed by atoms with Crippen LogP contribution in [0, 0.1) is 0 Å². The Kier molecular flexibility index (Phi) is 5.85. The Morgan fingerprint density at radius 3 is 2.00 bits per heavy atom. The van der Waals surface area contributed by atoms with Crippen LogP contribution in [0.25, 0.3) is 22.0 Å². The molecule has 33 heavy (non-hydrogen) atoms. The topological polar surface area (TPSA) is 56.3 Å². The number of anilines is 1. The third-order valence-electron chi connectivity index (χ3n) is 5.41. The number of para-hydroxylation sites is 1. The molecule has 5 aromatic rings. The Morgan fingerprint density at radius 2 is 1.27 bits per heavy atom. The van der Waals surface area contributed by atoms with Gasteiger partial charge in [-0.1, -0.05) is 54.6 Å². The highest BCUT2D eigenvalue weighted by Gasteiger charge is 2.11. The lowest BCUT2D eigenvalue weighted by molar-refractivity contribution is 0.414. The van der Waals surface area contributed by atoms with Crippen molar-refractivity contribution in [1.29, 1.82) is 0 Å². The maximum Gasteiger partial charge on any atom is 0.156 e. The molecule has 5 rings (SSSR count). The van der Waals surface area contributed by atoms with E-state index in [0.717, 1.165) is 50.7 Å². The van der Waals surface area contributed by atoms with E-state index >= 15 is 0 Å². The van der Waals surface area contributed by atoms with Gasteiger partial charge in [-0.2, -0.15) is 0 Å². The number of hydrogen-bond acceptors (Lipinski definition) is 5. The number of methoxy groups -OCH3 is 1. The number of rotatable bonds is 7. The van der Waals surface area contributed by atoms with E-state index in [1.54, 1.807) is 7.11 Å². The fourth-order valence-corrected chi connectivity index (χ4v) is 3.68. The van der Waals surface area contributed by atoms with Gasteiger partial charge in [0.15, 0.2) is 5.82 Å². The normalized spacial score (nSPS) is 10.7. The number of nitrogens with one attached hydrogen (secondary N) is 1. The third kappa shape index (κ3) is 4.62. The van der Waals surface area contributed by atoms with Gasteiger partial charge in [-0.15, -0.1) is 10.2 Å². The minimum Gasteiger partial charge on any atom is -0.497 e. The monoisotopic (exact) mass is 433 g/mol. The van der Waals surface area contributed by atoms with E-state index in [-0.39, 0.29) is 0 Å². The van der Waals surface area contributed by atoms with E-state index < -0.39 is 0 Å². The maximum absolute atomic E-state index is 5.91. The van der Waals surface area contributed by atoms with Crippen LogP contribution in [0.1, 0.15) is 5.56 Å². The van der Waals surface area contributed by atoms with Gasteiger partial charge >= 0.3 is 0 Å². The molecule has 0 amide bonds.